The van der Waals surface area contributed by atoms with Crippen molar-refractivity contribution in [3.63, 3.8) is 0 Å². The molecule has 1 amide bonds. The number of rotatable bonds is 5. The van der Waals surface area contributed by atoms with Gasteiger partial charge in [0, 0.05) is 5.92 Å². The second kappa shape index (κ2) is 7.35. The van der Waals surface area contributed by atoms with E-state index in [4.69, 9.17) is 5.11 Å². The normalized spacial score (nSPS) is 19.1. The van der Waals surface area contributed by atoms with Crippen LogP contribution in [-0.4, -0.2) is 23.2 Å². The van der Waals surface area contributed by atoms with Gasteiger partial charge in [0.25, 0.3) is 0 Å². The van der Waals surface area contributed by atoms with Gasteiger partial charge in [0.1, 0.15) is 0 Å². The van der Waals surface area contributed by atoms with Gasteiger partial charge in [0.05, 0.1) is 11.8 Å². The first-order valence-corrected chi connectivity index (χ1v) is 9.02. The summed E-state index contributed by atoms with van der Waals surface area (Å²) in [4.78, 5) is 23.1. The number of nitrogens with one attached hydrogen (secondary N) is 1. The van der Waals surface area contributed by atoms with E-state index < -0.39 is 5.97 Å². The molecule has 5 nitrogen and oxygen atoms in total. The molecule has 0 radical (unpaired) electrons. The zero-order valence-corrected chi connectivity index (χ0v) is 15.8. The van der Waals surface area contributed by atoms with E-state index in [2.05, 4.69) is 55.6 Å². The summed E-state index contributed by atoms with van der Waals surface area (Å²) >= 11 is 0. The van der Waals surface area contributed by atoms with E-state index >= 15 is 0 Å². The predicted octanol–water partition coefficient (Wildman–Crippen LogP) is 3.94. The quantitative estimate of drug-likeness (QED) is 0.623. The van der Waals surface area contributed by atoms with E-state index in [0.29, 0.717) is 0 Å². The first kappa shape index (κ1) is 18.8. The minimum absolute atomic E-state index is 0.0444. The first-order valence-electron chi connectivity index (χ1n) is 9.02. The third-order valence-corrected chi connectivity index (χ3v) is 4.88. The Kier molecular flexibility index (Phi) is 5.13. The van der Waals surface area contributed by atoms with Crippen LogP contribution in [0.5, 0.6) is 0 Å². The summed E-state index contributed by atoms with van der Waals surface area (Å²) in [7, 11) is 0. The van der Waals surface area contributed by atoms with Gasteiger partial charge < -0.3 is 5.11 Å². The number of carboxylic acids is 1. The number of aromatic carboxylic acids is 1. The van der Waals surface area contributed by atoms with Gasteiger partial charge in [0.15, 0.2) is 0 Å². The highest BCUT2D eigenvalue weighted by molar-refractivity contribution is 5.89. The van der Waals surface area contributed by atoms with Crippen molar-refractivity contribution in [3.8, 4) is 0 Å². The van der Waals surface area contributed by atoms with Gasteiger partial charge in [-0.15, -0.1) is 0 Å². The van der Waals surface area contributed by atoms with Crippen molar-refractivity contribution in [1.82, 2.24) is 5.43 Å². The van der Waals surface area contributed by atoms with E-state index in [0.717, 1.165) is 12.0 Å². The molecule has 0 heterocycles. The molecular weight excluding hydrogens is 340 g/mol. The number of carbonyl (C=O) groups is 2. The van der Waals surface area contributed by atoms with Crippen molar-refractivity contribution < 1.29 is 14.7 Å². The fourth-order valence-corrected chi connectivity index (χ4v) is 3.05. The molecule has 1 aliphatic rings. The van der Waals surface area contributed by atoms with Crippen molar-refractivity contribution in [3.05, 3.63) is 70.8 Å². The first-order chi connectivity index (χ1) is 12.8. The van der Waals surface area contributed by atoms with Gasteiger partial charge in [-0.25, -0.2) is 10.2 Å². The minimum atomic E-state index is -0.970. The minimum Gasteiger partial charge on any atom is -0.478 e. The Morgan fingerprint density at radius 3 is 2.26 bits per heavy atom. The number of carboxylic acid groups (broad SMARTS) is 1. The van der Waals surface area contributed by atoms with Crippen molar-refractivity contribution >= 4 is 18.1 Å². The van der Waals surface area contributed by atoms with Gasteiger partial charge in [-0.2, -0.15) is 5.10 Å². The van der Waals surface area contributed by atoms with Gasteiger partial charge >= 0.3 is 5.97 Å². The monoisotopic (exact) mass is 364 g/mol. The Balaban J connectivity index is 1.53. The number of carbonyl (C=O) groups excluding carboxylic acids is 1. The molecular formula is C22H24N2O3. The van der Waals surface area contributed by atoms with Crippen molar-refractivity contribution in [2.24, 2.45) is 11.0 Å². The average Bonchev–Trinajstić information content (AvgIpc) is 3.42. The molecule has 27 heavy (non-hydrogen) atoms. The smallest absolute Gasteiger partial charge is 0.335 e. The molecule has 0 bridgehead atoms. The lowest BCUT2D eigenvalue weighted by Gasteiger charge is -2.19. The standard InChI is InChI=1S/C22H24N2O3/c1-22(2,3)17-10-8-15(9-11-17)18-12-19(18)20(25)24-23-13-14-4-6-16(7-5-14)21(26)27/h4-11,13,18-19H,12H2,1-3H3,(H,24,25)(H,26,27)/t18-,19+/m0/s1. The third-order valence-electron chi connectivity index (χ3n) is 4.88. The number of nitrogens with zero attached hydrogens (tertiary/aromatic N) is 1. The maximum Gasteiger partial charge on any atom is 0.335 e. The predicted molar refractivity (Wildman–Crippen MR) is 105 cm³/mol. The largest absolute Gasteiger partial charge is 0.478 e. The molecule has 0 unspecified atom stereocenters. The highest BCUT2D eigenvalue weighted by Crippen LogP contribution is 2.47. The highest BCUT2D eigenvalue weighted by Gasteiger charge is 2.43. The molecule has 0 spiro atoms. The van der Waals surface area contributed by atoms with Crippen LogP contribution in [0.15, 0.2) is 53.6 Å². The lowest BCUT2D eigenvalue weighted by molar-refractivity contribution is -0.122. The summed E-state index contributed by atoms with van der Waals surface area (Å²) in [6.07, 6.45) is 2.35. The Morgan fingerprint density at radius 2 is 1.70 bits per heavy atom. The topological polar surface area (TPSA) is 78.8 Å². The number of hydrogen-bond donors (Lipinski definition) is 2. The van der Waals surface area contributed by atoms with Crippen LogP contribution < -0.4 is 5.43 Å². The van der Waals surface area contributed by atoms with Gasteiger partial charge in [-0.05, 0) is 46.6 Å². The SMILES string of the molecule is CC(C)(C)c1ccc([C@@H]2C[C@H]2C(=O)NN=Cc2ccc(C(=O)O)cc2)cc1. The second-order valence-electron chi connectivity index (χ2n) is 7.98. The lowest BCUT2D eigenvalue weighted by Crippen LogP contribution is -2.20. The number of amides is 1. The zero-order valence-electron chi connectivity index (χ0n) is 15.8. The van der Waals surface area contributed by atoms with E-state index in [-0.39, 0.29) is 28.7 Å². The van der Waals surface area contributed by atoms with E-state index in [1.165, 1.54) is 29.5 Å². The van der Waals surface area contributed by atoms with Crippen LogP contribution in [0.25, 0.3) is 0 Å². The molecule has 0 aliphatic heterocycles. The Bertz CT molecular complexity index is 862. The Morgan fingerprint density at radius 1 is 1.07 bits per heavy atom. The zero-order chi connectivity index (χ0) is 19.6. The van der Waals surface area contributed by atoms with E-state index in [1.807, 2.05) is 0 Å². The maximum absolute atomic E-state index is 12.2. The van der Waals surface area contributed by atoms with E-state index in [1.54, 1.807) is 12.1 Å². The summed E-state index contributed by atoms with van der Waals surface area (Å²) in [5.74, 6) is -0.846. The third kappa shape index (κ3) is 4.61. The molecule has 1 fully saturated rings. The molecule has 3 rings (SSSR count). The fourth-order valence-electron chi connectivity index (χ4n) is 3.05. The molecule has 1 saturated carbocycles. The fraction of sp³-hybridized carbons (Fsp3) is 0.318. The molecule has 140 valence electrons. The molecule has 5 heteroatoms. The number of hydrazone groups is 1. The molecule has 2 aromatic carbocycles. The number of benzene rings is 2. The van der Waals surface area contributed by atoms with Gasteiger partial charge in [-0.3, -0.25) is 4.79 Å². The van der Waals surface area contributed by atoms with Gasteiger partial charge in [-0.1, -0.05) is 57.2 Å². The summed E-state index contributed by atoms with van der Waals surface area (Å²) in [5.41, 5.74) is 6.12. The van der Waals surface area contributed by atoms with Crippen molar-refractivity contribution in [2.75, 3.05) is 0 Å². The molecule has 1 aliphatic carbocycles. The summed E-state index contributed by atoms with van der Waals surface area (Å²) in [6, 6.07) is 14.8. The van der Waals surface area contributed by atoms with Crippen molar-refractivity contribution in [2.45, 2.75) is 38.5 Å². The highest BCUT2D eigenvalue weighted by atomic mass is 16.4. The number of hydrogen-bond acceptors (Lipinski definition) is 3. The van der Waals surface area contributed by atoms with Crippen LogP contribution >= 0.6 is 0 Å². The molecule has 2 atom stereocenters. The van der Waals surface area contributed by atoms with E-state index in [9.17, 15) is 9.59 Å². The molecule has 0 saturated heterocycles. The van der Waals surface area contributed by atoms with Crippen LogP contribution in [0.3, 0.4) is 0 Å². The summed E-state index contributed by atoms with van der Waals surface area (Å²) < 4.78 is 0. The van der Waals surface area contributed by atoms with Crippen molar-refractivity contribution in [1.29, 1.82) is 0 Å². The summed E-state index contributed by atoms with van der Waals surface area (Å²) in [5, 5.41) is 12.9. The van der Waals surface area contributed by atoms with Crippen LogP contribution in [-0.2, 0) is 10.2 Å². The van der Waals surface area contributed by atoms with Gasteiger partial charge in [0.2, 0.25) is 5.91 Å². The Labute approximate surface area is 159 Å². The molecule has 2 N–H and O–H groups in total. The average molecular weight is 364 g/mol. The molecule has 0 aromatic heterocycles. The van der Waals surface area contributed by atoms with Crippen LogP contribution in [0.4, 0.5) is 0 Å². The van der Waals surface area contributed by atoms with Crippen LogP contribution in [0.2, 0.25) is 0 Å². The lowest BCUT2D eigenvalue weighted by atomic mass is 9.86. The molecule has 2 aromatic rings. The summed E-state index contributed by atoms with van der Waals surface area (Å²) in [6.45, 7) is 6.55. The Hall–Kier alpha value is -2.95. The second-order valence-corrected chi connectivity index (χ2v) is 7.98. The van der Waals surface area contributed by atoms with Crippen LogP contribution in [0, 0.1) is 5.92 Å². The van der Waals surface area contributed by atoms with Crippen LogP contribution in [0.1, 0.15) is 60.2 Å². The maximum atomic E-state index is 12.2.